The van der Waals surface area contributed by atoms with Crippen LogP contribution in [-0.4, -0.2) is 16.1 Å². The molecule has 5 nitrogen and oxygen atoms in total. The summed E-state index contributed by atoms with van der Waals surface area (Å²) < 4.78 is 5.71. The minimum Gasteiger partial charge on any atom is -0.478 e. The molecule has 0 saturated heterocycles. The fraction of sp³-hybridized carbons (Fsp3) is 0.0625. The average molecular weight is 280 g/mol. The molecule has 0 aliphatic heterocycles. The standard InChI is InChI=1S/C16H12N2O3/c1-11-4-5-12(10-17)9-14(11)21-16-13(3-2-8-18-16)6-7-15(19)20/h2-9H,1H3,(H,19,20)/b7-6+. The van der Waals surface area contributed by atoms with Crippen molar-refractivity contribution in [2.75, 3.05) is 0 Å². The molecule has 0 amide bonds. The number of carboxylic acid groups (broad SMARTS) is 1. The Kier molecular flexibility index (Phi) is 4.32. The highest BCUT2D eigenvalue weighted by molar-refractivity contribution is 5.85. The Bertz CT molecular complexity index is 745. The SMILES string of the molecule is Cc1ccc(C#N)cc1Oc1ncccc1/C=C/C(=O)O. The summed E-state index contributed by atoms with van der Waals surface area (Å²) in [5.74, 6) is -0.252. The Morgan fingerprint density at radius 2 is 2.24 bits per heavy atom. The number of rotatable bonds is 4. The maximum atomic E-state index is 10.6. The summed E-state index contributed by atoms with van der Waals surface area (Å²) in [7, 11) is 0. The van der Waals surface area contributed by atoms with Crippen LogP contribution in [0.5, 0.6) is 11.6 Å². The molecule has 1 aromatic carbocycles. The van der Waals surface area contributed by atoms with Crippen LogP contribution in [-0.2, 0) is 4.79 Å². The first-order valence-corrected chi connectivity index (χ1v) is 6.15. The molecule has 0 aliphatic rings. The molecular formula is C16H12N2O3. The molecule has 0 unspecified atom stereocenters. The summed E-state index contributed by atoms with van der Waals surface area (Å²) >= 11 is 0. The van der Waals surface area contributed by atoms with Gasteiger partial charge in [0, 0.05) is 17.8 Å². The lowest BCUT2D eigenvalue weighted by Crippen LogP contribution is -1.94. The van der Waals surface area contributed by atoms with Crippen LogP contribution in [0.15, 0.2) is 42.6 Å². The van der Waals surface area contributed by atoms with Gasteiger partial charge >= 0.3 is 5.97 Å². The number of nitrogens with zero attached hydrogens (tertiary/aromatic N) is 2. The maximum Gasteiger partial charge on any atom is 0.328 e. The van der Waals surface area contributed by atoms with Gasteiger partial charge in [-0.05, 0) is 42.8 Å². The van der Waals surface area contributed by atoms with E-state index >= 15 is 0 Å². The van der Waals surface area contributed by atoms with Gasteiger partial charge in [0.15, 0.2) is 0 Å². The fourth-order valence-electron chi connectivity index (χ4n) is 1.66. The number of hydrogen-bond acceptors (Lipinski definition) is 4. The summed E-state index contributed by atoms with van der Waals surface area (Å²) in [6.07, 6.45) is 3.98. The summed E-state index contributed by atoms with van der Waals surface area (Å²) in [6.45, 7) is 1.85. The van der Waals surface area contributed by atoms with Crippen LogP contribution in [0, 0.1) is 18.3 Å². The Morgan fingerprint density at radius 1 is 1.43 bits per heavy atom. The van der Waals surface area contributed by atoms with Gasteiger partial charge < -0.3 is 9.84 Å². The lowest BCUT2D eigenvalue weighted by Gasteiger charge is -2.10. The Labute approximate surface area is 121 Å². The Morgan fingerprint density at radius 3 is 2.95 bits per heavy atom. The largest absolute Gasteiger partial charge is 0.478 e. The van der Waals surface area contributed by atoms with Gasteiger partial charge in [-0.25, -0.2) is 9.78 Å². The van der Waals surface area contributed by atoms with Gasteiger partial charge in [0.05, 0.1) is 11.6 Å². The molecule has 0 bridgehead atoms. The molecular weight excluding hydrogens is 268 g/mol. The highest BCUT2D eigenvalue weighted by atomic mass is 16.5. The lowest BCUT2D eigenvalue weighted by molar-refractivity contribution is -0.131. The molecule has 0 saturated carbocycles. The van der Waals surface area contributed by atoms with Crippen LogP contribution >= 0.6 is 0 Å². The third kappa shape index (κ3) is 3.67. The van der Waals surface area contributed by atoms with E-state index in [4.69, 9.17) is 15.1 Å². The third-order valence-electron chi connectivity index (χ3n) is 2.73. The van der Waals surface area contributed by atoms with Crippen molar-refractivity contribution in [3.05, 3.63) is 59.3 Å². The van der Waals surface area contributed by atoms with Crippen LogP contribution in [0.3, 0.4) is 0 Å². The first kappa shape index (κ1) is 14.3. The van der Waals surface area contributed by atoms with Crippen molar-refractivity contribution in [3.8, 4) is 17.7 Å². The third-order valence-corrected chi connectivity index (χ3v) is 2.73. The number of pyridine rings is 1. The van der Waals surface area contributed by atoms with Crippen molar-refractivity contribution in [1.82, 2.24) is 4.98 Å². The van der Waals surface area contributed by atoms with Crippen molar-refractivity contribution in [2.45, 2.75) is 6.92 Å². The number of aromatic nitrogens is 1. The van der Waals surface area contributed by atoms with Crippen molar-refractivity contribution in [2.24, 2.45) is 0 Å². The molecule has 1 aromatic heterocycles. The van der Waals surface area contributed by atoms with Gasteiger partial charge in [-0.2, -0.15) is 5.26 Å². The van der Waals surface area contributed by atoms with E-state index in [9.17, 15) is 4.79 Å². The van der Waals surface area contributed by atoms with Crippen molar-refractivity contribution < 1.29 is 14.6 Å². The van der Waals surface area contributed by atoms with Crippen LogP contribution in [0.2, 0.25) is 0 Å². The van der Waals surface area contributed by atoms with Crippen molar-refractivity contribution in [3.63, 3.8) is 0 Å². The summed E-state index contributed by atoms with van der Waals surface area (Å²) in [5, 5.41) is 17.6. The number of benzene rings is 1. The number of ether oxygens (including phenoxy) is 1. The Balaban J connectivity index is 2.36. The molecule has 1 N–H and O–H groups in total. The number of carbonyl (C=O) groups is 1. The number of aryl methyl sites for hydroxylation is 1. The summed E-state index contributed by atoms with van der Waals surface area (Å²) in [6, 6.07) is 10.5. The second-order valence-electron chi connectivity index (χ2n) is 4.26. The minimum atomic E-state index is -1.05. The highest BCUT2D eigenvalue weighted by Gasteiger charge is 2.07. The van der Waals surface area contributed by atoms with Gasteiger partial charge in [0.1, 0.15) is 5.75 Å². The predicted octanol–water partition coefficient (Wildman–Crippen LogP) is 3.15. The van der Waals surface area contributed by atoms with E-state index in [1.807, 2.05) is 13.0 Å². The highest BCUT2D eigenvalue weighted by Crippen LogP contribution is 2.27. The molecule has 104 valence electrons. The van der Waals surface area contributed by atoms with Gasteiger partial charge in [-0.1, -0.05) is 6.07 Å². The summed E-state index contributed by atoms with van der Waals surface area (Å²) in [5.41, 5.74) is 1.88. The number of nitriles is 1. The van der Waals surface area contributed by atoms with Crippen LogP contribution in [0.25, 0.3) is 6.08 Å². The van der Waals surface area contributed by atoms with E-state index in [1.165, 1.54) is 6.08 Å². The molecule has 0 radical (unpaired) electrons. The van der Waals surface area contributed by atoms with E-state index < -0.39 is 5.97 Å². The first-order chi connectivity index (χ1) is 10.1. The van der Waals surface area contributed by atoms with E-state index in [1.54, 1.807) is 36.5 Å². The molecule has 2 aromatic rings. The molecule has 1 heterocycles. The average Bonchev–Trinajstić information content (AvgIpc) is 2.48. The van der Waals surface area contributed by atoms with Gasteiger partial charge in [-0.3, -0.25) is 0 Å². The first-order valence-electron chi connectivity index (χ1n) is 6.15. The van der Waals surface area contributed by atoms with Crippen LogP contribution in [0.1, 0.15) is 16.7 Å². The second kappa shape index (κ2) is 6.35. The number of aliphatic carboxylic acids is 1. The monoisotopic (exact) mass is 280 g/mol. The van der Waals surface area contributed by atoms with Gasteiger partial charge in [0.25, 0.3) is 0 Å². The maximum absolute atomic E-state index is 10.6. The number of hydrogen-bond donors (Lipinski definition) is 1. The minimum absolute atomic E-state index is 0.285. The van der Waals surface area contributed by atoms with Crippen LogP contribution < -0.4 is 4.74 Å². The van der Waals surface area contributed by atoms with Crippen molar-refractivity contribution in [1.29, 1.82) is 5.26 Å². The lowest BCUT2D eigenvalue weighted by atomic mass is 10.1. The van der Waals surface area contributed by atoms with Gasteiger partial charge in [-0.15, -0.1) is 0 Å². The zero-order valence-corrected chi connectivity index (χ0v) is 11.3. The van der Waals surface area contributed by atoms with Crippen molar-refractivity contribution >= 4 is 12.0 Å². The zero-order chi connectivity index (χ0) is 15.2. The quantitative estimate of drug-likeness (QED) is 0.870. The molecule has 0 aliphatic carbocycles. The molecule has 5 heteroatoms. The summed E-state index contributed by atoms with van der Waals surface area (Å²) in [4.78, 5) is 14.7. The number of carboxylic acids is 1. The van der Waals surface area contributed by atoms with E-state index in [2.05, 4.69) is 4.98 Å². The topological polar surface area (TPSA) is 83.2 Å². The predicted molar refractivity (Wildman–Crippen MR) is 76.9 cm³/mol. The van der Waals surface area contributed by atoms with E-state index in [0.717, 1.165) is 11.6 Å². The Hall–Kier alpha value is -3.13. The molecule has 0 atom stereocenters. The van der Waals surface area contributed by atoms with E-state index in [0.29, 0.717) is 16.9 Å². The molecule has 21 heavy (non-hydrogen) atoms. The smallest absolute Gasteiger partial charge is 0.328 e. The fourth-order valence-corrected chi connectivity index (χ4v) is 1.66. The van der Waals surface area contributed by atoms with E-state index in [-0.39, 0.29) is 5.88 Å². The second-order valence-corrected chi connectivity index (χ2v) is 4.26. The van der Waals surface area contributed by atoms with Crippen LogP contribution in [0.4, 0.5) is 0 Å². The molecule has 0 spiro atoms. The molecule has 0 fully saturated rings. The zero-order valence-electron chi connectivity index (χ0n) is 11.3. The normalized spacial score (nSPS) is 10.3. The van der Waals surface area contributed by atoms with Gasteiger partial charge in [0.2, 0.25) is 5.88 Å². The molecule has 2 rings (SSSR count).